The topological polar surface area (TPSA) is 66.4 Å². The fourth-order valence-electron chi connectivity index (χ4n) is 5.76. The molecule has 2 aromatic rings. The summed E-state index contributed by atoms with van der Waals surface area (Å²) >= 11 is 0. The zero-order valence-corrected chi connectivity index (χ0v) is 19.1. The van der Waals surface area contributed by atoms with Crippen LogP contribution >= 0.6 is 0 Å². The van der Waals surface area contributed by atoms with Gasteiger partial charge >= 0.3 is 0 Å². The number of aromatic nitrogens is 2. The highest BCUT2D eigenvalue weighted by Gasteiger charge is 2.50. The predicted octanol–water partition coefficient (Wildman–Crippen LogP) is 4.08. The normalized spacial score (nSPS) is 23.8. The van der Waals surface area contributed by atoms with Crippen LogP contribution in [0.3, 0.4) is 0 Å². The Morgan fingerprint density at radius 1 is 1.16 bits per heavy atom. The van der Waals surface area contributed by atoms with Gasteiger partial charge in [0.2, 0.25) is 5.91 Å². The number of fused-ring (bicyclic) bond motifs is 2. The molecule has 2 amide bonds. The Labute approximate surface area is 188 Å². The Balaban J connectivity index is 1.47. The summed E-state index contributed by atoms with van der Waals surface area (Å²) in [5, 5.41) is 0. The van der Waals surface area contributed by atoms with E-state index in [4.69, 9.17) is 0 Å². The van der Waals surface area contributed by atoms with Crippen molar-refractivity contribution in [2.75, 3.05) is 13.1 Å². The van der Waals surface area contributed by atoms with Crippen LogP contribution in [0, 0.1) is 16.6 Å². The van der Waals surface area contributed by atoms with Crippen molar-refractivity contribution < 1.29 is 14.0 Å². The molecule has 2 bridgehead atoms. The van der Waals surface area contributed by atoms with Crippen LogP contribution in [-0.2, 0) is 11.3 Å². The molecule has 6 nitrogen and oxygen atoms in total. The van der Waals surface area contributed by atoms with E-state index in [1.54, 1.807) is 17.0 Å². The number of hydrogen-bond acceptors (Lipinski definition) is 4. The first-order valence-electron chi connectivity index (χ1n) is 11.2. The fraction of sp³-hybridized carbons (Fsp3) is 0.520. The van der Waals surface area contributed by atoms with E-state index in [2.05, 4.69) is 30.7 Å². The third-order valence-corrected chi connectivity index (χ3v) is 6.69. The van der Waals surface area contributed by atoms with Crippen molar-refractivity contribution in [3.05, 3.63) is 59.9 Å². The van der Waals surface area contributed by atoms with Gasteiger partial charge < -0.3 is 9.80 Å². The molecule has 2 atom stereocenters. The van der Waals surface area contributed by atoms with Crippen LogP contribution in [0.5, 0.6) is 0 Å². The quantitative estimate of drug-likeness (QED) is 0.682. The molecule has 32 heavy (non-hydrogen) atoms. The van der Waals surface area contributed by atoms with Crippen LogP contribution < -0.4 is 0 Å². The van der Waals surface area contributed by atoms with Crippen molar-refractivity contribution in [3.63, 3.8) is 0 Å². The molecule has 2 unspecified atom stereocenters. The SMILES string of the molecule is CC1(C)CC2CC(C)(CN2C(=O)CCN(Cc2ccc(F)cc2)C(=O)c2cnccn2)C1. The van der Waals surface area contributed by atoms with E-state index >= 15 is 0 Å². The highest BCUT2D eigenvalue weighted by molar-refractivity contribution is 5.92. The first kappa shape index (κ1) is 22.4. The molecule has 1 aliphatic heterocycles. The number of amides is 2. The lowest BCUT2D eigenvalue weighted by Gasteiger charge is -2.39. The van der Waals surface area contributed by atoms with E-state index < -0.39 is 0 Å². The molecule has 0 spiro atoms. The monoisotopic (exact) mass is 438 g/mol. The number of carbonyl (C=O) groups is 2. The molecule has 0 radical (unpaired) electrons. The molecule has 1 saturated carbocycles. The second-order valence-electron chi connectivity index (χ2n) is 10.4. The minimum Gasteiger partial charge on any atom is -0.339 e. The molecule has 1 aromatic carbocycles. The lowest BCUT2D eigenvalue weighted by molar-refractivity contribution is -0.132. The van der Waals surface area contributed by atoms with Gasteiger partial charge in [0.05, 0.1) is 6.20 Å². The summed E-state index contributed by atoms with van der Waals surface area (Å²) in [6.45, 7) is 8.19. The Kier molecular flexibility index (Phi) is 6.01. The Morgan fingerprint density at radius 2 is 1.91 bits per heavy atom. The average Bonchev–Trinajstić information content (AvgIpc) is 3.01. The zero-order chi connectivity index (χ0) is 22.9. The average molecular weight is 439 g/mol. The number of benzene rings is 1. The van der Waals surface area contributed by atoms with E-state index in [0.29, 0.717) is 0 Å². The smallest absolute Gasteiger partial charge is 0.274 e. The highest BCUT2D eigenvalue weighted by Crippen LogP contribution is 2.52. The van der Waals surface area contributed by atoms with Gasteiger partial charge in [0.1, 0.15) is 11.5 Å². The molecular weight excluding hydrogens is 407 g/mol. The number of halogens is 1. The highest BCUT2D eigenvalue weighted by atomic mass is 19.1. The molecule has 2 aliphatic rings. The molecule has 2 fully saturated rings. The van der Waals surface area contributed by atoms with Crippen LogP contribution in [0.2, 0.25) is 0 Å². The molecule has 170 valence electrons. The summed E-state index contributed by atoms with van der Waals surface area (Å²) in [4.78, 5) is 38.1. The van der Waals surface area contributed by atoms with E-state index in [0.717, 1.165) is 31.4 Å². The Hall–Kier alpha value is -2.83. The second kappa shape index (κ2) is 8.60. The summed E-state index contributed by atoms with van der Waals surface area (Å²) in [6, 6.07) is 6.33. The van der Waals surface area contributed by atoms with Crippen LogP contribution in [0.25, 0.3) is 0 Å². The first-order valence-corrected chi connectivity index (χ1v) is 11.2. The van der Waals surface area contributed by atoms with Crippen molar-refractivity contribution in [1.82, 2.24) is 19.8 Å². The van der Waals surface area contributed by atoms with Crippen molar-refractivity contribution in [2.24, 2.45) is 10.8 Å². The fourth-order valence-corrected chi connectivity index (χ4v) is 5.76. The number of nitrogens with zero attached hydrogens (tertiary/aromatic N) is 4. The number of hydrogen-bond donors (Lipinski definition) is 0. The summed E-state index contributed by atoms with van der Waals surface area (Å²) in [5.74, 6) is -0.525. The molecule has 7 heteroatoms. The molecular formula is C25H31FN4O2. The number of likely N-dealkylation sites (tertiary alicyclic amines) is 1. The van der Waals surface area contributed by atoms with Gasteiger partial charge in [-0.25, -0.2) is 9.37 Å². The largest absolute Gasteiger partial charge is 0.339 e. The minimum atomic E-state index is -0.327. The summed E-state index contributed by atoms with van der Waals surface area (Å²) in [7, 11) is 0. The molecule has 1 aliphatic carbocycles. The third-order valence-electron chi connectivity index (χ3n) is 6.69. The molecule has 4 rings (SSSR count). The van der Waals surface area contributed by atoms with Crippen molar-refractivity contribution >= 4 is 11.8 Å². The van der Waals surface area contributed by atoms with Gasteiger partial charge in [-0.1, -0.05) is 32.9 Å². The summed E-state index contributed by atoms with van der Waals surface area (Å²) in [5.41, 5.74) is 1.44. The summed E-state index contributed by atoms with van der Waals surface area (Å²) < 4.78 is 13.3. The second-order valence-corrected chi connectivity index (χ2v) is 10.4. The molecule has 2 heterocycles. The van der Waals surface area contributed by atoms with Gasteiger partial charge in [-0.3, -0.25) is 14.6 Å². The standard InChI is InChI=1S/C25H31FN4O2/c1-24(2)12-20-13-25(3,16-24)17-30(20)22(31)8-11-29(15-18-4-6-19(26)7-5-18)23(32)21-14-27-9-10-28-21/h4-7,9-10,14,20H,8,11-13,15-17H2,1-3H3. The van der Waals surface area contributed by atoms with Gasteiger partial charge in [-0.2, -0.15) is 0 Å². The van der Waals surface area contributed by atoms with Gasteiger partial charge in [0.15, 0.2) is 0 Å². The van der Waals surface area contributed by atoms with Gasteiger partial charge in [0.25, 0.3) is 5.91 Å². The minimum absolute atomic E-state index is 0.0903. The number of rotatable bonds is 6. The third kappa shape index (κ3) is 4.97. The van der Waals surface area contributed by atoms with Crippen molar-refractivity contribution in [3.8, 4) is 0 Å². The van der Waals surface area contributed by atoms with Crippen molar-refractivity contribution in [1.29, 1.82) is 0 Å². The van der Waals surface area contributed by atoms with E-state index in [9.17, 15) is 14.0 Å². The van der Waals surface area contributed by atoms with Crippen LogP contribution in [0.4, 0.5) is 4.39 Å². The number of carbonyl (C=O) groups excluding carboxylic acids is 2. The van der Waals surface area contributed by atoms with Gasteiger partial charge in [0, 0.05) is 44.5 Å². The predicted molar refractivity (Wildman–Crippen MR) is 119 cm³/mol. The lowest BCUT2D eigenvalue weighted by atomic mass is 9.65. The summed E-state index contributed by atoms with van der Waals surface area (Å²) in [6.07, 6.45) is 7.86. The van der Waals surface area contributed by atoms with E-state index in [-0.39, 0.29) is 59.7 Å². The van der Waals surface area contributed by atoms with Crippen LogP contribution in [0.15, 0.2) is 42.9 Å². The van der Waals surface area contributed by atoms with Crippen LogP contribution in [0.1, 0.15) is 62.5 Å². The maximum atomic E-state index is 13.3. The van der Waals surface area contributed by atoms with Gasteiger partial charge in [-0.05, 0) is 47.8 Å². The molecule has 1 saturated heterocycles. The Bertz CT molecular complexity index is 979. The first-order chi connectivity index (χ1) is 15.1. The van der Waals surface area contributed by atoms with E-state index in [1.807, 2.05) is 4.90 Å². The van der Waals surface area contributed by atoms with Crippen LogP contribution in [-0.4, -0.2) is 50.7 Å². The zero-order valence-electron chi connectivity index (χ0n) is 19.1. The molecule has 1 aromatic heterocycles. The van der Waals surface area contributed by atoms with E-state index in [1.165, 1.54) is 30.7 Å². The molecule has 0 N–H and O–H groups in total. The maximum Gasteiger partial charge on any atom is 0.274 e. The maximum absolute atomic E-state index is 13.3. The van der Waals surface area contributed by atoms with Crippen molar-refractivity contribution in [2.45, 2.75) is 59.0 Å². The Morgan fingerprint density at radius 3 is 2.59 bits per heavy atom. The van der Waals surface area contributed by atoms with Gasteiger partial charge in [-0.15, -0.1) is 0 Å². The lowest BCUT2D eigenvalue weighted by Crippen LogP contribution is -2.40.